The van der Waals surface area contributed by atoms with Gasteiger partial charge in [-0.2, -0.15) is 0 Å². The van der Waals surface area contributed by atoms with Crippen LogP contribution < -0.4 is 0 Å². The summed E-state index contributed by atoms with van der Waals surface area (Å²) in [7, 11) is 1.48. The number of aliphatic hydroxyl groups is 1. The molecule has 1 aromatic rings. The maximum atomic E-state index is 13.4. The summed E-state index contributed by atoms with van der Waals surface area (Å²) in [6.45, 7) is 1.71. The van der Waals surface area contributed by atoms with Gasteiger partial charge in [-0.15, -0.1) is 0 Å². The molecule has 0 aliphatic carbocycles. The number of hydrogen-bond acceptors (Lipinski definition) is 4. The van der Waals surface area contributed by atoms with Gasteiger partial charge in [-0.25, -0.2) is 4.39 Å². The number of carbonyl (C=O) groups excluding carboxylic acids is 2. The Morgan fingerprint density at radius 2 is 2.19 bits per heavy atom. The number of halogens is 1. The van der Waals surface area contributed by atoms with Crippen LogP contribution in [0.5, 0.6) is 0 Å². The summed E-state index contributed by atoms with van der Waals surface area (Å²) in [5.74, 6) is -2.12. The highest BCUT2D eigenvalue weighted by atomic mass is 19.1. The highest BCUT2D eigenvalue weighted by molar-refractivity contribution is 6.08. The third-order valence-electron chi connectivity index (χ3n) is 3.38. The number of ketones is 1. The Hall–Kier alpha value is -2.21. The molecule has 1 N–H and O–H groups in total. The van der Waals surface area contributed by atoms with Crippen LogP contribution in [0.2, 0.25) is 0 Å². The standard InChI is InChI=1S/C15H16FNO4/c1-9(18)12-13(10-4-3-5-11(16)8-10)17(6-7-21-2)15(20)14(12)19/h3-5,8,13,19H,6-7H2,1-2H3. The molecule has 1 aliphatic rings. The maximum absolute atomic E-state index is 13.4. The first kappa shape index (κ1) is 15.2. The Morgan fingerprint density at radius 1 is 1.48 bits per heavy atom. The second-order valence-corrected chi connectivity index (χ2v) is 4.77. The lowest BCUT2D eigenvalue weighted by Crippen LogP contribution is -2.33. The van der Waals surface area contributed by atoms with Crippen LogP contribution in [0.25, 0.3) is 0 Å². The quantitative estimate of drug-likeness (QED) is 0.898. The average molecular weight is 293 g/mol. The van der Waals surface area contributed by atoms with Crippen molar-refractivity contribution in [3.05, 3.63) is 47.0 Å². The monoisotopic (exact) mass is 293 g/mol. The fraction of sp³-hybridized carbons (Fsp3) is 0.333. The summed E-state index contributed by atoms with van der Waals surface area (Å²) in [6, 6.07) is 4.84. The van der Waals surface area contributed by atoms with Crippen LogP contribution in [0.15, 0.2) is 35.6 Å². The highest BCUT2D eigenvalue weighted by Crippen LogP contribution is 2.37. The molecule has 21 heavy (non-hydrogen) atoms. The van der Waals surface area contributed by atoms with Gasteiger partial charge in [0, 0.05) is 13.7 Å². The fourth-order valence-corrected chi connectivity index (χ4v) is 2.46. The van der Waals surface area contributed by atoms with Crippen LogP contribution in [-0.2, 0) is 14.3 Å². The minimum absolute atomic E-state index is 0.0123. The average Bonchev–Trinajstić information content (AvgIpc) is 2.69. The predicted octanol–water partition coefficient (Wildman–Crippen LogP) is 1.76. The van der Waals surface area contributed by atoms with E-state index in [1.54, 1.807) is 6.07 Å². The number of ether oxygens (including phenoxy) is 1. The molecule has 1 unspecified atom stereocenters. The lowest BCUT2D eigenvalue weighted by atomic mass is 9.97. The summed E-state index contributed by atoms with van der Waals surface area (Å²) in [4.78, 5) is 25.2. The van der Waals surface area contributed by atoms with E-state index in [1.165, 1.54) is 37.1 Å². The Morgan fingerprint density at radius 3 is 2.76 bits per heavy atom. The van der Waals surface area contributed by atoms with Gasteiger partial charge in [0.05, 0.1) is 18.2 Å². The summed E-state index contributed by atoms with van der Waals surface area (Å²) >= 11 is 0. The molecule has 0 radical (unpaired) electrons. The second kappa shape index (κ2) is 6.05. The molecule has 0 saturated heterocycles. The van der Waals surface area contributed by atoms with Crippen LogP contribution >= 0.6 is 0 Å². The highest BCUT2D eigenvalue weighted by Gasteiger charge is 2.42. The second-order valence-electron chi connectivity index (χ2n) is 4.77. The third-order valence-corrected chi connectivity index (χ3v) is 3.38. The van der Waals surface area contributed by atoms with E-state index in [-0.39, 0.29) is 18.7 Å². The Balaban J connectivity index is 2.48. The van der Waals surface area contributed by atoms with Crippen molar-refractivity contribution in [2.45, 2.75) is 13.0 Å². The van der Waals surface area contributed by atoms with Crippen molar-refractivity contribution in [1.82, 2.24) is 4.90 Å². The normalized spacial score (nSPS) is 18.5. The molecule has 5 nitrogen and oxygen atoms in total. The molecule has 112 valence electrons. The molecule has 0 bridgehead atoms. The number of aliphatic hydroxyl groups excluding tert-OH is 1. The smallest absolute Gasteiger partial charge is 0.290 e. The van der Waals surface area contributed by atoms with E-state index in [0.29, 0.717) is 5.56 Å². The molecule has 6 heteroatoms. The van der Waals surface area contributed by atoms with Crippen LogP contribution in [0.4, 0.5) is 4.39 Å². The zero-order chi connectivity index (χ0) is 15.6. The molecule has 0 saturated carbocycles. The van der Waals surface area contributed by atoms with Gasteiger partial charge in [0.15, 0.2) is 11.5 Å². The first-order valence-corrected chi connectivity index (χ1v) is 6.46. The van der Waals surface area contributed by atoms with Gasteiger partial charge in [-0.3, -0.25) is 9.59 Å². The molecule has 1 atom stereocenters. The van der Waals surface area contributed by atoms with E-state index < -0.39 is 29.3 Å². The lowest BCUT2D eigenvalue weighted by Gasteiger charge is -2.26. The first-order valence-electron chi connectivity index (χ1n) is 6.46. The van der Waals surface area contributed by atoms with Crippen molar-refractivity contribution in [2.75, 3.05) is 20.3 Å². The molecular formula is C15H16FNO4. The van der Waals surface area contributed by atoms with Crippen molar-refractivity contribution in [3.8, 4) is 0 Å². The number of amides is 1. The van der Waals surface area contributed by atoms with Gasteiger partial charge in [-0.1, -0.05) is 12.1 Å². The van der Waals surface area contributed by atoms with E-state index >= 15 is 0 Å². The van der Waals surface area contributed by atoms with Crippen molar-refractivity contribution in [1.29, 1.82) is 0 Å². The van der Waals surface area contributed by atoms with Crippen LogP contribution in [-0.4, -0.2) is 42.0 Å². The summed E-state index contributed by atoms with van der Waals surface area (Å²) in [6.07, 6.45) is 0. The Bertz CT molecular complexity index is 611. The first-order chi connectivity index (χ1) is 9.97. The van der Waals surface area contributed by atoms with E-state index in [1.807, 2.05) is 0 Å². The number of nitrogens with zero attached hydrogens (tertiary/aromatic N) is 1. The topological polar surface area (TPSA) is 66.8 Å². The van der Waals surface area contributed by atoms with Gasteiger partial charge < -0.3 is 14.7 Å². The number of methoxy groups -OCH3 is 1. The number of rotatable bonds is 5. The van der Waals surface area contributed by atoms with E-state index in [2.05, 4.69) is 0 Å². The molecule has 2 rings (SSSR count). The molecular weight excluding hydrogens is 277 g/mol. The summed E-state index contributed by atoms with van der Waals surface area (Å²) in [5, 5.41) is 9.93. The Labute approximate surface area is 121 Å². The molecule has 0 aromatic heterocycles. The number of benzene rings is 1. The van der Waals surface area contributed by atoms with E-state index in [4.69, 9.17) is 4.74 Å². The minimum atomic E-state index is -0.791. The molecule has 1 aliphatic heterocycles. The summed E-state index contributed by atoms with van der Waals surface area (Å²) < 4.78 is 18.4. The fourth-order valence-electron chi connectivity index (χ4n) is 2.46. The van der Waals surface area contributed by atoms with Gasteiger partial charge in [-0.05, 0) is 24.6 Å². The van der Waals surface area contributed by atoms with Gasteiger partial charge in [0.25, 0.3) is 5.91 Å². The maximum Gasteiger partial charge on any atom is 0.290 e. The number of carbonyl (C=O) groups is 2. The third kappa shape index (κ3) is 2.80. The van der Waals surface area contributed by atoms with E-state index in [0.717, 1.165) is 0 Å². The lowest BCUT2D eigenvalue weighted by molar-refractivity contribution is -0.130. The SMILES string of the molecule is COCCN1C(=O)C(O)=C(C(C)=O)C1c1cccc(F)c1. The van der Waals surface area contributed by atoms with E-state index in [9.17, 15) is 19.1 Å². The van der Waals surface area contributed by atoms with Gasteiger partial charge >= 0.3 is 0 Å². The zero-order valence-corrected chi connectivity index (χ0v) is 11.8. The largest absolute Gasteiger partial charge is 0.503 e. The number of Topliss-reactive ketones (excluding diaryl/α,β-unsaturated/α-hetero) is 1. The molecule has 1 amide bonds. The molecule has 1 aromatic carbocycles. The predicted molar refractivity (Wildman–Crippen MR) is 73.1 cm³/mol. The van der Waals surface area contributed by atoms with Crippen molar-refractivity contribution in [3.63, 3.8) is 0 Å². The molecule has 1 heterocycles. The summed E-state index contributed by atoms with van der Waals surface area (Å²) in [5.41, 5.74) is 0.426. The minimum Gasteiger partial charge on any atom is -0.503 e. The Kier molecular flexibility index (Phi) is 4.37. The van der Waals surface area contributed by atoms with Crippen LogP contribution in [0, 0.1) is 5.82 Å². The molecule has 0 fully saturated rings. The van der Waals surface area contributed by atoms with Crippen molar-refractivity contribution < 1.29 is 23.8 Å². The van der Waals surface area contributed by atoms with Crippen molar-refractivity contribution in [2.24, 2.45) is 0 Å². The number of hydrogen-bond donors (Lipinski definition) is 1. The van der Waals surface area contributed by atoms with Crippen molar-refractivity contribution >= 4 is 11.7 Å². The zero-order valence-electron chi connectivity index (χ0n) is 11.8. The van der Waals surface area contributed by atoms with Gasteiger partial charge in [0.2, 0.25) is 0 Å². The van der Waals surface area contributed by atoms with Gasteiger partial charge in [0.1, 0.15) is 5.82 Å². The molecule has 0 spiro atoms. The van der Waals surface area contributed by atoms with Crippen LogP contribution in [0.3, 0.4) is 0 Å². The van der Waals surface area contributed by atoms with Crippen LogP contribution in [0.1, 0.15) is 18.5 Å².